The van der Waals surface area contributed by atoms with E-state index in [1.807, 2.05) is 61.3 Å². The number of hydrogen-bond donors (Lipinski definition) is 0. The van der Waals surface area contributed by atoms with Gasteiger partial charge in [-0.15, -0.1) is 17.9 Å². The average molecular weight is 366 g/mol. The van der Waals surface area contributed by atoms with Gasteiger partial charge in [0.15, 0.2) is 5.13 Å². The van der Waals surface area contributed by atoms with Gasteiger partial charge in [-0.05, 0) is 13.8 Å². The van der Waals surface area contributed by atoms with Crippen LogP contribution >= 0.6 is 11.3 Å². The molecule has 2 aromatic heterocycles. The Hall–Kier alpha value is -2.73. The lowest BCUT2D eigenvalue weighted by Gasteiger charge is -2.18. The first-order chi connectivity index (χ1) is 12.5. The number of carbonyl (C=O) groups is 1. The lowest BCUT2D eigenvalue weighted by Crippen LogP contribution is -2.32. The van der Waals surface area contributed by atoms with E-state index < -0.39 is 0 Å². The minimum absolute atomic E-state index is 0.00179. The number of rotatable bonds is 6. The minimum Gasteiger partial charge on any atom is -0.284 e. The smallest absolute Gasteiger partial charge is 0.233 e. The zero-order chi connectivity index (χ0) is 18.7. The van der Waals surface area contributed by atoms with Crippen molar-refractivity contribution in [2.75, 3.05) is 11.4 Å². The summed E-state index contributed by atoms with van der Waals surface area (Å²) in [5.41, 5.74) is 4.80. The van der Waals surface area contributed by atoms with Crippen molar-refractivity contribution in [2.45, 2.75) is 20.3 Å². The molecule has 0 unspecified atom stereocenters. The van der Waals surface area contributed by atoms with Crippen LogP contribution in [0.25, 0.3) is 11.3 Å². The maximum atomic E-state index is 13.0. The van der Waals surface area contributed by atoms with Gasteiger partial charge in [0, 0.05) is 35.8 Å². The fourth-order valence-corrected chi connectivity index (χ4v) is 3.73. The molecule has 3 aromatic rings. The molecular formula is C20H22N4OS. The predicted molar refractivity (Wildman–Crippen MR) is 106 cm³/mol. The molecule has 0 N–H and O–H groups in total. The first-order valence-corrected chi connectivity index (χ1v) is 9.30. The van der Waals surface area contributed by atoms with Crippen molar-refractivity contribution in [3.63, 3.8) is 0 Å². The summed E-state index contributed by atoms with van der Waals surface area (Å²) in [6.45, 7) is 8.13. The Morgan fingerprint density at radius 3 is 2.65 bits per heavy atom. The zero-order valence-corrected chi connectivity index (χ0v) is 16.1. The van der Waals surface area contributed by atoms with E-state index in [0.29, 0.717) is 18.1 Å². The summed E-state index contributed by atoms with van der Waals surface area (Å²) in [4.78, 5) is 19.3. The van der Waals surface area contributed by atoms with Crippen molar-refractivity contribution in [3.8, 4) is 11.3 Å². The average Bonchev–Trinajstić information content (AvgIpc) is 3.21. The van der Waals surface area contributed by atoms with Crippen LogP contribution in [-0.2, 0) is 18.3 Å². The standard InChI is InChI=1S/C20H22N4OS/c1-5-11-24(19(25)12-17-14(2)22-23(4)15(17)3)20-21-18(13-26-20)16-9-7-6-8-10-16/h5-10,13H,1,11-12H2,2-4H3. The van der Waals surface area contributed by atoms with Crippen LogP contribution < -0.4 is 4.90 Å². The Labute approximate surface area is 157 Å². The topological polar surface area (TPSA) is 51.0 Å². The van der Waals surface area contributed by atoms with Gasteiger partial charge >= 0.3 is 0 Å². The van der Waals surface area contributed by atoms with Crippen LogP contribution in [0.1, 0.15) is 17.0 Å². The van der Waals surface area contributed by atoms with Crippen LogP contribution in [0, 0.1) is 13.8 Å². The molecule has 0 radical (unpaired) electrons. The van der Waals surface area contributed by atoms with E-state index in [1.54, 1.807) is 11.0 Å². The van der Waals surface area contributed by atoms with Crippen molar-refractivity contribution in [1.82, 2.24) is 14.8 Å². The Bertz CT molecular complexity index is 927. The quantitative estimate of drug-likeness (QED) is 0.621. The number of anilines is 1. The van der Waals surface area contributed by atoms with Gasteiger partial charge in [-0.2, -0.15) is 5.10 Å². The van der Waals surface area contributed by atoms with Gasteiger partial charge in [0.05, 0.1) is 17.8 Å². The molecule has 0 atom stereocenters. The lowest BCUT2D eigenvalue weighted by atomic mass is 10.1. The second-order valence-corrected chi connectivity index (χ2v) is 6.96. The molecule has 0 spiro atoms. The van der Waals surface area contributed by atoms with Gasteiger partial charge in [-0.3, -0.25) is 14.4 Å². The maximum Gasteiger partial charge on any atom is 0.233 e. The summed E-state index contributed by atoms with van der Waals surface area (Å²) >= 11 is 1.47. The fraction of sp³-hybridized carbons (Fsp3) is 0.250. The zero-order valence-electron chi connectivity index (χ0n) is 15.3. The molecule has 0 saturated heterocycles. The first-order valence-electron chi connectivity index (χ1n) is 8.42. The number of thiazole rings is 1. The van der Waals surface area contributed by atoms with E-state index in [9.17, 15) is 4.79 Å². The molecule has 134 valence electrons. The van der Waals surface area contributed by atoms with Gasteiger partial charge in [0.1, 0.15) is 0 Å². The van der Waals surface area contributed by atoms with Gasteiger partial charge in [-0.25, -0.2) is 4.98 Å². The third-order valence-corrected chi connectivity index (χ3v) is 5.26. The highest BCUT2D eigenvalue weighted by Crippen LogP contribution is 2.28. The van der Waals surface area contributed by atoms with E-state index in [4.69, 9.17) is 0 Å². The van der Waals surface area contributed by atoms with Crippen molar-refractivity contribution in [2.24, 2.45) is 7.05 Å². The molecule has 0 fully saturated rings. The molecule has 0 aliphatic carbocycles. The molecular weight excluding hydrogens is 344 g/mol. The van der Waals surface area contributed by atoms with Crippen LogP contribution in [0.4, 0.5) is 5.13 Å². The SMILES string of the molecule is C=CCN(C(=O)Cc1c(C)nn(C)c1C)c1nc(-c2ccccc2)cs1. The van der Waals surface area contributed by atoms with Gasteiger partial charge in [0.2, 0.25) is 5.91 Å². The summed E-state index contributed by atoms with van der Waals surface area (Å²) in [5.74, 6) is -0.00179. The van der Waals surface area contributed by atoms with E-state index in [1.165, 1.54) is 11.3 Å². The van der Waals surface area contributed by atoms with E-state index in [2.05, 4.69) is 16.7 Å². The monoisotopic (exact) mass is 366 g/mol. The third kappa shape index (κ3) is 3.60. The van der Waals surface area contributed by atoms with Crippen LogP contribution in [0.2, 0.25) is 0 Å². The highest BCUT2D eigenvalue weighted by atomic mass is 32.1. The normalized spacial score (nSPS) is 10.7. The number of nitrogens with zero attached hydrogens (tertiary/aromatic N) is 4. The van der Waals surface area contributed by atoms with Crippen LogP contribution in [0.15, 0.2) is 48.4 Å². The molecule has 5 nitrogen and oxygen atoms in total. The molecule has 26 heavy (non-hydrogen) atoms. The number of hydrogen-bond acceptors (Lipinski definition) is 4. The van der Waals surface area contributed by atoms with Gasteiger partial charge < -0.3 is 0 Å². The van der Waals surface area contributed by atoms with Crippen molar-refractivity contribution in [1.29, 1.82) is 0 Å². The van der Waals surface area contributed by atoms with E-state index in [-0.39, 0.29) is 5.91 Å². The Balaban J connectivity index is 1.86. The fourth-order valence-electron chi connectivity index (χ4n) is 2.87. The molecule has 0 saturated carbocycles. The second kappa shape index (κ2) is 7.66. The highest BCUT2D eigenvalue weighted by molar-refractivity contribution is 7.14. The van der Waals surface area contributed by atoms with Crippen molar-refractivity contribution < 1.29 is 4.79 Å². The molecule has 0 aliphatic rings. The lowest BCUT2D eigenvalue weighted by molar-refractivity contribution is -0.117. The molecule has 0 bridgehead atoms. The van der Waals surface area contributed by atoms with Crippen LogP contribution in [-0.4, -0.2) is 27.2 Å². The Morgan fingerprint density at radius 2 is 2.04 bits per heavy atom. The van der Waals surface area contributed by atoms with E-state index >= 15 is 0 Å². The number of aryl methyl sites for hydroxylation is 2. The minimum atomic E-state index is -0.00179. The summed E-state index contributed by atoms with van der Waals surface area (Å²) < 4.78 is 1.81. The summed E-state index contributed by atoms with van der Waals surface area (Å²) in [6, 6.07) is 9.97. The Morgan fingerprint density at radius 1 is 1.31 bits per heavy atom. The molecule has 1 amide bonds. The first kappa shape index (κ1) is 18.1. The number of carbonyl (C=O) groups excluding carboxylic acids is 1. The predicted octanol–water partition coefficient (Wildman–Crippen LogP) is 3.92. The number of amides is 1. The Kier molecular flexibility index (Phi) is 5.32. The summed E-state index contributed by atoms with van der Waals surface area (Å²) in [7, 11) is 1.89. The molecule has 0 aliphatic heterocycles. The molecule has 2 heterocycles. The molecule has 3 rings (SSSR count). The maximum absolute atomic E-state index is 13.0. The number of benzene rings is 1. The molecule has 1 aromatic carbocycles. The van der Waals surface area contributed by atoms with E-state index in [0.717, 1.165) is 28.2 Å². The molecule has 6 heteroatoms. The van der Waals surface area contributed by atoms with Gasteiger partial charge in [0.25, 0.3) is 0 Å². The van der Waals surface area contributed by atoms with Crippen molar-refractivity contribution >= 4 is 22.4 Å². The summed E-state index contributed by atoms with van der Waals surface area (Å²) in [5, 5.41) is 7.07. The number of aromatic nitrogens is 3. The largest absolute Gasteiger partial charge is 0.284 e. The van der Waals surface area contributed by atoms with Crippen LogP contribution in [0.3, 0.4) is 0 Å². The second-order valence-electron chi connectivity index (χ2n) is 6.12. The summed E-state index contributed by atoms with van der Waals surface area (Å²) in [6.07, 6.45) is 2.03. The van der Waals surface area contributed by atoms with Crippen LogP contribution in [0.5, 0.6) is 0 Å². The third-order valence-electron chi connectivity index (χ3n) is 4.39. The van der Waals surface area contributed by atoms with Gasteiger partial charge in [-0.1, -0.05) is 36.4 Å². The van der Waals surface area contributed by atoms with Crippen molar-refractivity contribution in [3.05, 3.63) is 65.3 Å². The highest BCUT2D eigenvalue weighted by Gasteiger charge is 2.21.